The summed E-state index contributed by atoms with van der Waals surface area (Å²) in [6.45, 7) is 0. The molecular formula is C13H13BrFNO3. The molecule has 2 N–H and O–H groups in total. The van der Waals surface area contributed by atoms with Crippen LogP contribution in [0.5, 0.6) is 0 Å². The summed E-state index contributed by atoms with van der Waals surface area (Å²) >= 11 is 3.12. The molecule has 4 nitrogen and oxygen atoms in total. The highest BCUT2D eigenvalue weighted by Gasteiger charge is 2.34. The maximum atomic E-state index is 12.9. The molecular weight excluding hydrogens is 317 g/mol. The van der Waals surface area contributed by atoms with Crippen molar-refractivity contribution in [1.29, 1.82) is 0 Å². The summed E-state index contributed by atoms with van der Waals surface area (Å²) in [4.78, 5) is 23.1. The Labute approximate surface area is 118 Å². The van der Waals surface area contributed by atoms with Gasteiger partial charge in [0.05, 0.1) is 11.5 Å². The third-order valence-corrected chi connectivity index (χ3v) is 3.98. The molecule has 6 heteroatoms. The zero-order valence-electron chi connectivity index (χ0n) is 10.0. The second-order valence-corrected chi connectivity index (χ2v) is 5.43. The number of nitrogens with one attached hydrogen (secondary N) is 1. The van der Waals surface area contributed by atoms with Crippen LogP contribution in [0.3, 0.4) is 0 Å². The fourth-order valence-corrected chi connectivity index (χ4v) is 2.88. The van der Waals surface area contributed by atoms with E-state index < -0.39 is 17.7 Å². The van der Waals surface area contributed by atoms with E-state index in [1.807, 2.05) is 0 Å². The van der Waals surface area contributed by atoms with E-state index in [1.165, 1.54) is 18.2 Å². The fraction of sp³-hybridized carbons (Fsp3) is 0.385. The summed E-state index contributed by atoms with van der Waals surface area (Å²) in [5.74, 6) is -2.25. The molecule has 2 atom stereocenters. The Morgan fingerprint density at radius 3 is 2.74 bits per heavy atom. The smallest absolute Gasteiger partial charge is 0.308 e. The van der Waals surface area contributed by atoms with E-state index in [0.717, 1.165) is 6.42 Å². The molecule has 0 saturated heterocycles. The Kier molecular flexibility index (Phi) is 4.19. The zero-order valence-corrected chi connectivity index (χ0v) is 11.6. The molecule has 0 aliphatic heterocycles. The predicted octanol–water partition coefficient (Wildman–Crippen LogP) is 2.57. The predicted molar refractivity (Wildman–Crippen MR) is 70.3 cm³/mol. The third-order valence-electron chi connectivity index (χ3n) is 3.33. The topological polar surface area (TPSA) is 66.4 Å². The van der Waals surface area contributed by atoms with Gasteiger partial charge < -0.3 is 10.4 Å². The molecule has 1 aliphatic carbocycles. The van der Waals surface area contributed by atoms with Crippen LogP contribution >= 0.6 is 15.9 Å². The Balaban J connectivity index is 2.10. The minimum Gasteiger partial charge on any atom is -0.481 e. The van der Waals surface area contributed by atoms with Crippen LogP contribution in [0.25, 0.3) is 0 Å². The highest BCUT2D eigenvalue weighted by atomic mass is 79.9. The molecule has 0 aromatic heterocycles. The first-order chi connectivity index (χ1) is 8.99. The van der Waals surface area contributed by atoms with Crippen LogP contribution in [-0.4, -0.2) is 23.0 Å². The van der Waals surface area contributed by atoms with Crippen LogP contribution in [0.15, 0.2) is 22.7 Å². The molecule has 0 heterocycles. The largest absolute Gasteiger partial charge is 0.481 e. The highest BCUT2D eigenvalue weighted by Crippen LogP contribution is 2.26. The van der Waals surface area contributed by atoms with Gasteiger partial charge in [0.1, 0.15) is 5.82 Å². The van der Waals surface area contributed by atoms with Crippen molar-refractivity contribution in [2.75, 3.05) is 0 Å². The summed E-state index contributed by atoms with van der Waals surface area (Å²) in [7, 11) is 0. The minimum atomic E-state index is -0.888. The molecule has 1 fully saturated rings. The molecule has 1 aromatic rings. The third kappa shape index (κ3) is 3.12. The van der Waals surface area contributed by atoms with E-state index in [0.29, 0.717) is 22.9 Å². The summed E-state index contributed by atoms with van der Waals surface area (Å²) in [5, 5.41) is 11.8. The van der Waals surface area contributed by atoms with Gasteiger partial charge in [-0.2, -0.15) is 0 Å². The molecule has 1 aromatic carbocycles. The molecule has 0 radical (unpaired) electrons. The number of hydrogen-bond acceptors (Lipinski definition) is 2. The lowest BCUT2D eigenvalue weighted by Crippen LogP contribution is -2.40. The quantitative estimate of drug-likeness (QED) is 0.895. The van der Waals surface area contributed by atoms with Gasteiger partial charge in [0, 0.05) is 10.5 Å². The molecule has 1 saturated carbocycles. The van der Waals surface area contributed by atoms with E-state index in [-0.39, 0.29) is 11.9 Å². The van der Waals surface area contributed by atoms with Gasteiger partial charge in [0.2, 0.25) is 0 Å². The normalized spacial score (nSPS) is 22.2. The van der Waals surface area contributed by atoms with Crippen molar-refractivity contribution in [2.45, 2.75) is 25.3 Å². The lowest BCUT2D eigenvalue weighted by Gasteiger charge is -2.18. The molecule has 0 spiro atoms. The van der Waals surface area contributed by atoms with Crippen molar-refractivity contribution in [3.63, 3.8) is 0 Å². The monoisotopic (exact) mass is 329 g/mol. The lowest BCUT2D eigenvalue weighted by atomic mass is 10.0. The van der Waals surface area contributed by atoms with Crippen LogP contribution < -0.4 is 5.32 Å². The molecule has 2 unspecified atom stereocenters. The number of carboxylic acid groups (broad SMARTS) is 1. The number of hydrogen-bond donors (Lipinski definition) is 2. The Hall–Kier alpha value is -1.43. The summed E-state index contributed by atoms with van der Waals surface area (Å²) in [5.41, 5.74) is 0.303. The maximum Gasteiger partial charge on any atom is 0.308 e. The first-order valence-corrected chi connectivity index (χ1v) is 6.77. The maximum absolute atomic E-state index is 12.9. The number of aliphatic carboxylic acids is 1. The van der Waals surface area contributed by atoms with Gasteiger partial charge in [-0.15, -0.1) is 0 Å². The number of rotatable bonds is 3. The summed E-state index contributed by atoms with van der Waals surface area (Å²) < 4.78 is 13.3. The standard InChI is InChI=1S/C13H13BrFNO3/c14-10-6-7(15)4-5-8(10)12(17)16-11-3-1-2-9(11)13(18)19/h4-6,9,11H,1-3H2,(H,16,17)(H,18,19). The lowest BCUT2D eigenvalue weighted by molar-refractivity contribution is -0.142. The molecule has 102 valence electrons. The Bertz CT molecular complexity index is 521. The van der Waals surface area contributed by atoms with Crippen LogP contribution in [0.2, 0.25) is 0 Å². The van der Waals surface area contributed by atoms with Crippen LogP contribution in [-0.2, 0) is 4.79 Å². The van der Waals surface area contributed by atoms with Crippen molar-refractivity contribution in [3.05, 3.63) is 34.1 Å². The van der Waals surface area contributed by atoms with E-state index >= 15 is 0 Å². The number of halogens is 2. The zero-order chi connectivity index (χ0) is 14.0. The molecule has 1 amide bonds. The average molecular weight is 330 g/mol. The van der Waals surface area contributed by atoms with Gasteiger partial charge in [0.25, 0.3) is 5.91 Å². The highest BCUT2D eigenvalue weighted by molar-refractivity contribution is 9.10. The fourth-order valence-electron chi connectivity index (χ4n) is 2.35. The molecule has 19 heavy (non-hydrogen) atoms. The van der Waals surface area contributed by atoms with Crippen molar-refractivity contribution in [2.24, 2.45) is 5.92 Å². The van der Waals surface area contributed by atoms with Crippen molar-refractivity contribution in [1.82, 2.24) is 5.32 Å². The molecule has 2 rings (SSSR count). The molecule has 1 aliphatic rings. The van der Waals surface area contributed by atoms with Gasteiger partial charge in [-0.05, 0) is 47.0 Å². The van der Waals surface area contributed by atoms with Crippen LogP contribution in [0.4, 0.5) is 4.39 Å². The Morgan fingerprint density at radius 2 is 2.11 bits per heavy atom. The first-order valence-electron chi connectivity index (χ1n) is 5.98. The minimum absolute atomic E-state index is 0.303. The van der Waals surface area contributed by atoms with Gasteiger partial charge >= 0.3 is 5.97 Å². The van der Waals surface area contributed by atoms with E-state index in [1.54, 1.807) is 0 Å². The number of carbonyl (C=O) groups is 2. The van der Waals surface area contributed by atoms with Gasteiger partial charge in [0.15, 0.2) is 0 Å². The molecule has 0 bridgehead atoms. The number of carbonyl (C=O) groups excluding carboxylic acids is 1. The van der Waals surface area contributed by atoms with Gasteiger partial charge in [-0.25, -0.2) is 4.39 Å². The van der Waals surface area contributed by atoms with Crippen LogP contribution in [0, 0.1) is 11.7 Å². The first kappa shape index (κ1) is 14.0. The van der Waals surface area contributed by atoms with E-state index in [2.05, 4.69) is 21.2 Å². The number of amides is 1. The average Bonchev–Trinajstić information content (AvgIpc) is 2.76. The van der Waals surface area contributed by atoms with Crippen molar-refractivity contribution in [3.8, 4) is 0 Å². The SMILES string of the molecule is O=C(NC1CCCC1C(=O)O)c1ccc(F)cc1Br. The second kappa shape index (κ2) is 5.69. The van der Waals surface area contributed by atoms with E-state index in [9.17, 15) is 14.0 Å². The van der Waals surface area contributed by atoms with E-state index in [4.69, 9.17) is 5.11 Å². The van der Waals surface area contributed by atoms with Gasteiger partial charge in [-0.3, -0.25) is 9.59 Å². The number of benzene rings is 1. The summed E-state index contributed by atoms with van der Waals surface area (Å²) in [6.07, 6.45) is 2.01. The van der Waals surface area contributed by atoms with Gasteiger partial charge in [-0.1, -0.05) is 6.42 Å². The number of carboxylic acids is 1. The van der Waals surface area contributed by atoms with Crippen LogP contribution in [0.1, 0.15) is 29.6 Å². The summed E-state index contributed by atoms with van der Waals surface area (Å²) in [6, 6.07) is 3.42. The second-order valence-electron chi connectivity index (χ2n) is 4.58. The van der Waals surface area contributed by atoms with Crippen molar-refractivity contribution >= 4 is 27.8 Å². The van der Waals surface area contributed by atoms with Crippen molar-refractivity contribution < 1.29 is 19.1 Å². The Morgan fingerprint density at radius 1 is 1.37 bits per heavy atom.